The van der Waals surface area contributed by atoms with E-state index in [2.05, 4.69) is 0 Å². The first-order chi connectivity index (χ1) is 9.20. The highest BCUT2D eigenvalue weighted by molar-refractivity contribution is 5.89. The molecule has 4 nitrogen and oxygen atoms in total. The quantitative estimate of drug-likeness (QED) is 0.673. The van der Waals surface area contributed by atoms with Gasteiger partial charge in [0.15, 0.2) is 0 Å². The normalized spacial score (nSPS) is 23.5. The van der Waals surface area contributed by atoms with Gasteiger partial charge in [0.1, 0.15) is 11.9 Å². The maximum absolute atomic E-state index is 12.0. The SMILES string of the molecule is COc1ccc(C(=O)O[C@H]2CCCCC[C@H]2O)cc1. The Balaban J connectivity index is 1.98. The van der Waals surface area contributed by atoms with Crippen molar-refractivity contribution in [2.45, 2.75) is 44.3 Å². The molecule has 0 radical (unpaired) electrons. The Labute approximate surface area is 113 Å². The maximum Gasteiger partial charge on any atom is 0.338 e. The van der Waals surface area contributed by atoms with E-state index in [-0.39, 0.29) is 12.1 Å². The van der Waals surface area contributed by atoms with Crippen molar-refractivity contribution in [1.82, 2.24) is 0 Å². The van der Waals surface area contributed by atoms with Gasteiger partial charge in [-0.1, -0.05) is 12.8 Å². The van der Waals surface area contributed by atoms with Crippen LogP contribution in [0.4, 0.5) is 0 Å². The topological polar surface area (TPSA) is 55.8 Å². The Hall–Kier alpha value is -1.55. The molecule has 0 unspecified atom stereocenters. The van der Waals surface area contributed by atoms with Crippen LogP contribution >= 0.6 is 0 Å². The highest BCUT2D eigenvalue weighted by Crippen LogP contribution is 2.22. The second-order valence-corrected chi connectivity index (χ2v) is 4.88. The van der Waals surface area contributed by atoms with Crippen molar-refractivity contribution in [1.29, 1.82) is 0 Å². The van der Waals surface area contributed by atoms with Crippen molar-refractivity contribution >= 4 is 5.97 Å². The molecule has 0 aromatic heterocycles. The lowest BCUT2D eigenvalue weighted by Gasteiger charge is -2.20. The smallest absolute Gasteiger partial charge is 0.338 e. The van der Waals surface area contributed by atoms with Crippen LogP contribution in [-0.4, -0.2) is 30.4 Å². The Morgan fingerprint density at radius 2 is 1.84 bits per heavy atom. The van der Waals surface area contributed by atoms with Gasteiger partial charge in [-0.05, 0) is 43.5 Å². The zero-order valence-electron chi connectivity index (χ0n) is 11.2. The lowest BCUT2D eigenvalue weighted by atomic mass is 10.1. The largest absolute Gasteiger partial charge is 0.497 e. The van der Waals surface area contributed by atoms with Crippen molar-refractivity contribution in [3.63, 3.8) is 0 Å². The Morgan fingerprint density at radius 3 is 2.53 bits per heavy atom. The summed E-state index contributed by atoms with van der Waals surface area (Å²) in [6, 6.07) is 6.79. The number of esters is 1. The third kappa shape index (κ3) is 3.70. The average Bonchev–Trinajstić information content (AvgIpc) is 2.64. The minimum absolute atomic E-state index is 0.378. The molecule has 0 aliphatic heterocycles. The lowest BCUT2D eigenvalue weighted by Crippen LogP contribution is -2.30. The van der Waals surface area contributed by atoms with E-state index >= 15 is 0 Å². The fraction of sp³-hybridized carbons (Fsp3) is 0.533. The van der Waals surface area contributed by atoms with Gasteiger partial charge in [-0.2, -0.15) is 0 Å². The number of aliphatic hydroxyl groups excluding tert-OH is 1. The van der Waals surface area contributed by atoms with Crippen LogP contribution < -0.4 is 4.74 Å². The fourth-order valence-corrected chi connectivity index (χ4v) is 2.32. The molecule has 0 spiro atoms. The van der Waals surface area contributed by atoms with Crippen molar-refractivity contribution in [3.8, 4) is 5.75 Å². The number of hydrogen-bond donors (Lipinski definition) is 1. The molecule has 0 saturated heterocycles. The first-order valence-electron chi connectivity index (χ1n) is 6.74. The first-order valence-corrected chi connectivity index (χ1v) is 6.74. The van der Waals surface area contributed by atoms with Gasteiger partial charge >= 0.3 is 5.97 Å². The van der Waals surface area contributed by atoms with Crippen LogP contribution in [-0.2, 0) is 4.74 Å². The number of ether oxygens (including phenoxy) is 2. The Bertz CT molecular complexity index is 413. The number of rotatable bonds is 3. The van der Waals surface area contributed by atoms with E-state index in [1.807, 2.05) is 0 Å². The monoisotopic (exact) mass is 264 g/mol. The average molecular weight is 264 g/mol. The molecule has 2 rings (SSSR count). The zero-order valence-corrected chi connectivity index (χ0v) is 11.2. The van der Waals surface area contributed by atoms with E-state index in [0.717, 1.165) is 25.7 Å². The minimum Gasteiger partial charge on any atom is -0.497 e. The Morgan fingerprint density at radius 1 is 1.16 bits per heavy atom. The van der Waals surface area contributed by atoms with E-state index in [4.69, 9.17) is 9.47 Å². The molecule has 19 heavy (non-hydrogen) atoms. The van der Waals surface area contributed by atoms with Gasteiger partial charge in [-0.3, -0.25) is 0 Å². The predicted octanol–water partition coefficient (Wildman–Crippen LogP) is 2.55. The number of hydrogen-bond acceptors (Lipinski definition) is 4. The fourth-order valence-electron chi connectivity index (χ4n) is 2.32. The molecule has 1 N–H and O–H groups in total. The van der Waals surface area contributed by atoms with Crippen LogP contribution in [0.5, 0.6) is 5.75 Å². The van der Waals surface area contributed by atoms with Gasteiger partial charge in [0.25, 0.3) is 0 Å². The van der Waals surface area contributed by atoms with Crippen LogP contribution in [0.25, 0.3) is 0 Å². The molecule has 1 saturated carbocycles. The van der Waals surface area contributed by atoms with Gasteiger partial charge in [-0.15, -0.1) is 0 Å². The van der Waals surface area contributed by atoms with Crippen LogP contribution in [0.2, 0.25) is 0 Å². The van der Waals surface area contributed by atoms with Crippen LogP contribution in [0.15, 0.2) is 24.3 Å². The molecule has 104 valence electrons. The van der Waals surface area contributed by atoms with E-state index in [1.165, 1.54) is 0 Å². The first kappa shape index (κ1) is 13.9. The van der Waals surface area contributed by atoms with Gasteiger partial charge < -0.3 is 14.6 Å². The van der Waals surface area contributed by atoms with Crippen LogP contribution in [0.1, 0.15) is 42.5 Å². The molecule has 4 heteroatoms. The number of carbonyl (C=O) groups is 1. The maximum atomic E-state index is 12.0. The van der Waals surface area contributed by atoms with Gasteiger partial charge in [0.2, 0.25) is 0 Å². The number of benzene rings is 1. The molecule has 1 aromatic carbocycles. The van der Waals surface area contributed by atoms with E-state index in [9.17, 15) is 9.90 Å². The van der Waals surface area contributed by atoms with Crippen LogP contribution in [0.3, 0.4) is 0 Å². The molecule has 1 aliphatic rings. The molecule has 1 fully saturated rings. The van der Waals surface area contributed by atoms with Gasteiger partial charge in [-0.25, -0.2) is 4.79 Å². The molecule has 1 aromatic rings. The molecule has 0 heterocycles. The standard InChI is InChI=1S/C15H20O4/c1-18-12-9-7-11(8-10-12)15(17)19-14-6-4-2-3-5-13(14)16/h7-10,13-14,16H,2-6H2,1H3/t13-,14+/m1/s1. The van der Waals surface area contributed by atoms with Crippen molar-refractivity contribution in [2.75, 3.05) is 7.11 Å². The summed E-state index contributed by atoms with van der Waals surface area (Å²) in [5.74, 6) is 0.319. The zero-order chi connectivity index (χ0) is 13.7. The van der Waals surface area contributed by atoms with E-state index in [0.29, 0.717) is 17.7 Å². The molecule has 0 bridgehead atoms. The van der Waals surface area contributed by atoms with E-state index in [1.54, 1.807) is 31.4 Å². The summed E-state index contributed by atoms with van der Waals surface area (Å²) in [4.78, 5) is 12.0. The highest BCUT2D eigenvalue weighted by atomic mass is 16.6. The summed E-state index contributed by atoms with van der Waals surface area (Å²) in [7, 11) is 1.58. The van der Waals surface area contributed by atoms with Crippen LogP contribution in [0, 0.1) is 0 Å². The number of methoxy groups -OCH3 is 1. The van der Waals surface area contributed by atoms with Gasteiger partial charge in [0.05, 0.1) is 18.8 Å². The molecule has 0 amide bonds. The number of carbonyl (C=O) groups excluding carboxylic acids is 1. The van der Waals surface area contributed by atoms with E-state index < -0.39 is 6.10 Å². The second-order valence-electron chi connectivity index (χ2n) is 4.88. The van der Waals surface area contributed by atoms with Crippen molar-refractivity contribution < 1.29 is 19.4 Å². The predicted molar refractivity (Wildman–Crippen MR) is 71.3 cm³/mol. The molecule has 2 atom stereocenters. The summed E-state index contributed by atoms with van der Waals surface area (Å²) in [5.41, 5.74) is 0.484. The summed E-state index contributed by atoms with van der Waals surface area (Å²) < 4.78 is 10.5. The Kier molecular flexibility index (Phi) is 4.80. The second kappa shape index (κ2) is 6.57. The lowest BCUT2D eigenvalue weighted by molar-refractivity contribution is -0.0206. The number of aliphatic hydroxyl groups is 1. The van der Waals surface area contributed by atoms with Gasteiger partial charge in [0, 0.05) is 0 Å². The highest BCUT2D eigenvalue weighted by Gasteiger charge is 2.25. The molecular weight excluding hydrogens is 244 g/mol. The summed E-state index contributed by atoms with van der Waals surface area (Å²) in [5, 5.41) is 9.93. The summed E-state index contributed by atoms with van der Waals surface area (Å²) >= 11 is 0. The third-order valence-electron chi connectivity index (χ3n) is 3.50. The van der Waals surface area contributed by atoms with Crippen molar-refractivity contribution in [2.24, 2.45) is 0 Å². The summed E-state index contributed by atoms with van der Waals surface area (Å²) in [6.45, 7) is 0. The molecular formula is C15H20O4. The summed E-state index contributed by atoms with van der Waals surface area (Å²) in [6.07, 6.45) is 3.62. The van der Waals surface area contributed by atoms with Crippen molar-refractivity contribution in [3.05, 3.63) is 29.8 Å². The third-order valence-corrected chi connectivity index (χ3v) is 3.50. The molecule has 1 aliphatic carbocycles. The minimum atomic E-state index is -0.537.